The van der Waals surface area contributed by atoms with E-state index in [2.05, 4.69) is 10.3 Å². The first-order chi connectivity index (χ1) is 10.3. The first-order valence-electron chi connectivity index (χ1n) is 6.68. The number of carboxylic acids is 1. The van der Waals surface area contributed by atoms with E-state index in [4.69, 9.17) is 11.1 Å². The Morgan fingerprint density at radius 2 is 2.14 bits per heavy atom. The molecule has 0 spiro atoms. The fraction of sp³-hybridized carbons (Fsp3) is 0.357. The third-order valence-electron chi connectivity index (χ3n) is 2.98. The zero-order valence-corrected chi connectivity index (χ0v) is 12.2. The van der Waals surface area contributed by atoms with Crippen molar-refractivity contribution < 1.29 is 20.1 Å². The Hall–Kier alpha value is -2.77. The molecule has 0 saturated carbocycles. The van der Waals surface area contributed by atoms with Gasteiger partial charge in [-0.2, -0.15) is 0 Å². The van der Waals surface area contributed by atoms with Gasteiger partial charge in [0.2, 0.25) is 0 Å². The molecule has 0 aromatic heterocycles. The number of rotatable bonds is 7. The number of nitrogens with one attached hydrogen (secondary N) is 2. The summed E-state index contributed by atoms with van der Waals surface area (Å²) in [6.07, 6.45) is 0.751. The van der Waals surface area contributed by atoms with Crippen LogP contribution in [0.5, 0.6) is 11.5 Å². The standard InChI is InChI=1S/C14H20N4O4/c1-8(10-5-4-9(19)7-12(10)20)18-11(13(21)22)3-2-6-17-14(15)16/h4-5,7,11,19-20H,2-3,6H2,1H3,(H,21,22)(H4,15,16,17)/b18-8+. The minimum atomic E-state index is -1.07. The predicted octanol–water partition coefficient (Wildman–Crippen LogP) is 0.623. The van der Waals surface area contributed by atoms with Gasteiger partial charge in [-0.05, 0) is 31.9 Å². The lowest BCUT2D eigenvalue weighted by Gasteiger charge is -2.11. The van der Waals surface area contributed by atoms with Crippen molar-refractivity contribution in [2.45, 2.75) is 25.8 Å². The summed E-state index contributed by atoms with van der Waals surface area (Å²) in [4.78, 5) is 15.4. The smallest absolute Gasteiger partial charge is 0.328 e. The topological polar surface area (TPSA) is 152 Å². The summed E-state index contributed by atoms with van der Waals surface area (Å²) < 4.78 is 0. The number of hydrogen-bond donors (Lipinski definition) is 6. The molecule has 0 aliphatic heterocycles. The van der Waals surface area contributed by atoms with Crippen LogP contribution in [-0.4, -0.2) is 45.5 Å². The van der Waals surface area contributed by atoms with E-state index in [0.717, 1.165) is 0 Å². The highest BCUT2D eigenvalue weighted by Gasteiger charge is 2.17. The molecule has 120 valence electrons. The van der Waals surface area contributed by atoms with Gasteiger partial charge in [-0.3, -0.25) is 10.4 Å². The maximum Gasteiger partial charge on any atom is 0.328 e. The highest BCUT2D eigenvalue weighted by atomic mass is 16.4. The molecule has 8 nitrogen and oxygen atoms in total. The molecule has 7 N–H and O–H groups in total. The molecule has 1 rings (SSSR count). The molecule has 0 amide bonds. The van der Waals surface area contributed by atoms with Gasteiger partial charge in [-0.25, -0.2) is 4.79 Å². The molecule has 0 saturated heterocycles. The van der Waals surface area contributed by atoms with E-state index in [1.54, 1.807) is 6.92 Å². The zero-order valence-electron chi connectivity index (χ0n) is 12.2. The maximum atomic E-state index is 11.2. The Morgan fingerprint density at radius 1 is 1.45 bits per heavy atom. The third-order valence-corrected chi connectivity index (χ3v) is 2.98. The van der Waals surface area contributed by atoms with Crippen molar-refractivity contribution in [2.24, 2.45) is 10.7 Å². The number of carbonyl (C=O) groups is 1. The number of carboxylic acid groups (broad SMARTS) is 1. The Kier molecular flexibility index (Phi) is 6.18. The second-order valence-corrected chi connectivity index (χ2v) is 4.75. The number of phenols is 2. The molecular weight excluding hydrogens is 288 g/mol. The van der Waals surface area contributed by atoms with Crippen LogP contribution < -0.4 is 11.1 Å². The number of nitrogens with zero attached hydrogens (tertiary/aromatic N) is 1. The van der Waals surface area contributed by atoms with Gasteiger partial charge in [0.25, 0.3) is 0 Å². The molecule has 0 radical (unpaired) electrons. The SMILES string of the molecule is C/C(=N\C(CCCNC(=N)N)C(=O)O)c1ccc(O)cc1O. The van der Waals surface area contributed by atoms with Crippen molar-refractivity contribution in [1.82, 2.24) is 5.32 Å². The Balaban J connectivity index is 2.79. The molecule has 0 bridgehead atoms. The molecule has 1 unspecified atom stereocenters. The summed E-state index contributed by atoms with van der Waals surface area (Å²) >= 11 is 0. The molecule has 8 heteroatoms. The Bertz CT molecular complexity index is 586. The van der Waals surface area contributed by atoms with Crippen LogP contribution in [0.4, 0.5) is 0 Å². The van der Waals surface area contributed by atoms with Crippen LogP contribution in [0, 0.1) is 5.41 Å². The fourth-order valence-corrected chi connectivity index (χ4v) is 1.89. The lowest BCUT2D eigenvalue weighted by molar-refractivity contribution is -0.138. The number of benzene rings is 1. The Labute approximate surface area is 127 Å². The van der Waals surface area contributed by atoms with Crippen LogP contribution in [0.15, 0.2) is 23.2 Å². The molecule has 0 heterocycles. The lowest BCUT2D eigenvalue weighted by atomic mass is 10.1. The molecule has 1 atom stereocenters. The van der Waals surface area contributed by atoms with E-state index in [-0.39, 0.29) is 23.9 Å². The monoisotopic (exact) mass is 308 g/mol. The highest BCUT2D eigenvalue weighted by molar-refractivity contribution is 6.02. The molecule has 0 aliphatic rings. The summed E-state index contributed by atoms with van der Waals surface area (Å²) in [5.74, 6) is -1.48. The van der Waals surface area contributed by atoms with Gasteiger partial charge in [0.15, 0.2) is 5.96 Å². The van der Waals surface area contributed by atoms with E-state index in [1.165, 1.54) is 18.2 Å². The van der Waals surface area contributed by atoms with E-state index < -0.39 is 12.0 Å². The van der Waals surface area contributed by atoms with Gasteiger partial charge >= 0.3 is 5.97 Å². The second-order valence-electron chi connectivity index (χ2n) is 4.75. The first-order valence-corrected chi connectivity index (χ1v) is 6.68. The van der Waals surface area contributed by atoms with E-state index in [0.29, 0.717) is 24.2 Å². The van der Waals surface area contributed by atoms with Crippen LogP contribution in [0.3, 0.4) is 0 Å². The summed E-state index contributed by atoms with van der Waals surface area (Å²) in [7, 11) is 0. The number of aromatic hydroxyl groups is 2. The van der Waals surface area contributed by atoms with E-state index >= 15 is 0 Å². The normalized spacial score (nSPS) is 12.7. The maximum absolute atomic E-state index is 11.2. The van der Waals surface area contributed by atoms with Crippen molar-refractivity contribution in [3.05, 3.63) is 23.8 Å². The van der Waals surface area contributed by atoms with Crippen molar-refractivity contribution >= 4 is 17.6 Å². The number of phenolic OH excluding ortho intramolecular Hbond substituents is 2. The molecule has 22 heavy (non-hydrogen) atoms. The fourth-order valence-electron chi connectivity index (χ4n) is 1.89. The molecule has 0 aliphatic carbocycles. The van der Waals surface area contributed by atoms with Crippen LogP contribution in [0.1, 0.15) is 25.3 Å². The minimum absolute atomic E-state index is 0.0841. The quantitative estimate of drug-likeness (QED) is 0.247. The largest absolute Gasteiger partial charge is 0.508 e. The van der Waals surface area contributed by atoms with Crippen LogP contribution in [-0.2, 0) is 4.79 Å². The van der Waals surface area contributed by atoms with Crippen molar-refractivity contribution in [3.8, 4) is 11.5 Å². The van der Waals surface area contributed by atoms with Crippen molar-refractivity contribution in [1.29, 1.82) is 5.41 Å². The van der Waals surface area contributed by atoms with Gasteiger partial charge in [0.05, 0.1) is 0 Å². The van der Waals surface area contributed by atoms with E-state index in [1.807, 2.05) is 0 Å². The van der Waals surface area contributed by atoms with Gasteiger partial charge in [-0.15, -0.1) is 0 Å². The number of aliphatic carboxylic acids is 1. The first kappa shape index (κ1) is 17.3. The summed E-state index contributed by atoms with van der Waals surface area (Å²) in [5.41, 5.74) is 5.87. The zero-order chi connectivity index (χ0) is 16.7. The van der Waals surface area contributed by atoms with Gasteiger partial charge in [-0.1, -0.05) is 0 Å². The average molecular weight is 308 g/mol. The highest BCUT2D eigenvalue weighted by Crippen LogP contribution is 2.23. The number of nitrogens with two attached hydrogens (primary N) is 1. The minimum Gasteiger partial charge on any atom is -0.508 e. The van der Waals surface area contributed by atoms with Gasteiger partial charge < -0.3 is 26.4 Å². The summed E-state index contributed by atoms with van der Waals surface area (Å²) in [6.45, 7) is 1.98. The van der Waals surface area contributed by atoms with Crippen LogP contribution >= 0.6 is 0 Å². The van der Waals surface area contributed by atoms with Gasteiger partial charge in [0.1, 0.15) is 17.5 Å². The second kappa shape index (κ2) is 7.87. The number of aliphatic imine (C=N–C) groups is 1. The average Bonchev–Trinajstić information content (AvgIpc) is 2.41. The summed E-state index contributed by atoms with van der Waals surface area (Å²) in [5, 5.41) is 37.8. The molecule has 1 aromatic carbocycles. The lowest BCUT2D eigenvalue weighted by Crippen LogP contribution is -2.31. The predicted molar refractivity (Wildman–Crippen MR) is 82.6 cm³/mol. The van der Waals surface area contributed by atoms with Crippen molar-refractivity contribution in [3.63, 3.8) is 0 Å². The number of guanidine groups is 1. The Morgan fingerprint density at radius 3 is 2.68 bits per heavy atom. The number of hydrogen-bond acceptors (Lipinski definition) is 5. The van der Waals surface area contributed by atoms with Gasteiger partial charge in [0, 0.05) is 23.9 Å². The van der Waals surface area contributed by atoms with Crippen LogP contribution in [0.25, 0.3) is 0 Å². The molecule has 0 fully saturated rings. The molecule has 1 aromatic rings. The van der Waals surface area contributed by atoms with Crippen LogP contribution in [0.2, 0.25) is 0 Å². The summed E-state index contributed by atoms with van der Waals surface area (Å²) in [6, 6.07) is 3.07. The molecular formula is C14H20N4O4. The van der Waals surface area contributed by atoms with Crippen molar-refractivity contribution in [2.75, 3.05) is 6.54 Å². The third kappa shape index (κ3) is 5.31. The van der Waals surface area contributed by atoms with E-state index in [9.17, 15) is 20.1 Å².